The fraction of sp³-hybridized carbons (Fsp3) is 0.556. The van der Waals surface area contributed by atoms with E-state index in [9.17, 15) is 9.59 Å². The molecule has 0 saturated heterocycles. The maximum absolute atomic E-state index is 11.8. The largest absolute Gasteiger partial charge is 0.494 e. The summed E-state index contributed by atoms with van der Waals surface area (Å²) in [6, 6.07) is 7.61. The van der Waals surface area contributed by atoms with Crippen LogP contribution in [0.1, 0.15) is 51.0 Å². The second-order valence-corrected chi connectivity index (χ2v) is 5.58. The van der Waals surface area contributed by atoms with Gasteiger partial charge in [-0.2, -0.15) is 0 Å². The van der Waals surface area contributed by atoms with E-state index in [2.05, 4.69) is 12.2 Å². The van der Waals surface area contributed by atoms with E-state index in [1.54, 1.807) is 0 Å². The van der Waals surface area contributed by atoms with Crippen LogP contribution in [-0.2, 0) is 16.0 Å². The van der Waals surface area contributed by atoms with Gasteiger partial charge >= 0.3 is 5.97 Å². The molecule has 5 heteroatoms. The molecule has 0 aromatic heterocycles. The molecule has 23 heavy (non-hydrogen) atoms. The van der Waals surface area contributed by atoms with Gasteiger partial charge in [0.15, 0.2) is 0 Å². The maximum atomic E-state index is 11.8. The number of ether oxygens (including phenoxy) is 1. The minimum Gasteiger partial charge on any atom is -0.494 e. The highest BCUT2D eigenvalue weighted by molar-refractivity contribution is 5.78. The van der Waals surface area contributed by atoms with Gasteiger partial charge in [-0.05, 0) is 37.0 Å². The van der Waals surface area contributed by atoms with Crippen LogP contribution >= 0.6 is 0 Å². The molecule has 2 N–H and O–H groups in total. The minimum absolute atomic E-state index is 0.0112. The Hall–Kier alpha value is -2.04. The summed E-state index contributed by atoms with van der Waals surface area (Å²) in [5, 5.41) is 11.4. The Bertz CT molecular complexity index is 470. The Labute approximate surface area is 138 Å². The molecular formula is C18H27NO4. The summed E-state index contributed by atoms with van der Waals surface area (Å²) in [6.45, 7) is 3.44. The van der Waals surface area contributed by atoms with Crippen molar-refractivity contribution < 1.29 is 19.4 Å². The lowest BCUT2D eigenvalue weighted by Crippen LogP contribution is -2.26. The fourth-order valence-corrected chi connectivity index (χ4v) is 2.09. The standard InChI is InChI=1S/C18H27NO4/c1-2-3-13-23-16-10-8-15(9-11-16)14-17(20)19-12-6-4-5-7-18(21)22/h8-11H,2-7,12-14H2,1H3,(H,19,20)(H,21,22). The number of hydrogen-bond acceptors (Lipinski definition) is 3. The molecule has 0 radical (unpaired) electrons. The molecule has 1 amide bonds. The molecule has 1 aromatic carbocycles. The number of amides is 1. The molecule has 0 spiro atoms. The van der Waals surface area contributed by atoms with Crippen LogP contribution in [-0.4, -0.2) is 30.1 Å². The van der Waals surface area contributed by atoms with E-state index < -0.39 is 5.97 Å². The van der Waals surface area contributed by atoms with Gasteiger partial charge < -0.3 is 15.2 Å². The van der Waals surface area contributed by atoms with Crippen LogP contribution < -0.4 is 10.1 Å². The predicted octanol–water partition coefficient (Wildman–Crippen LogP) is 3.17. The van der Waals surface area contributed by atoms with Crippen molar-refractivity contribution in [3.8, 4) is 5.75 Å². The number of unbranched alkanes of at least 4 members (excludes halogenated alkanes) is 3. The van der Waals surface area contributed by atoms with E-state index in [1.807, 2.05) is 24.3 Å². The Balaban J connectivity index is 2.17. The number of aliphatic carboxylic acids is 1. The van der Waals surface area contributed by atoms with Gasteiger partial charge in [-0.1, -0.05) is 31.9 Å². The lowest BCUT2D eigenvalue weighted by atomic mass is 10.1. The van der Waals surface area contributed by atoms with Crippen LogP contribution in [0.25, 0.3) is 0 Å². The first-order chi connectivity index (χ1) is 11.1. The third-order valence-corrected chi connectivity index (χ3v) is 3.44. The third-order valence-electron chi connectivity index (χ3n) is 3.44. The van der Waals surface area contributed by atoms with E-state index in [4.69, 9.17) is 9.84 Å². The number of hydrogen-bond donors (Lipinski definition) is 2. The molecular weight excluding hydrogens is 294 g/mol. The van der Waals surface area contributed by atoms with Gasteiger partial charge in [-0.15, -0.1) is 0 Å². The summed E-state index contributed by atoms with van der Waals surface area (Å²) in [5.41, 5.74) is 0.955. The molecule has 0 fully saturated rings. The average Bonchev–Trinajstić information content (AvgIpc) is 2.52. The predicted molar refractivity (Wildman–Crippen MR) is 89.7 cm³/mol. The van der Waals surface area contributed by atoms with Crippen LogP contribution in [0.15, 0.2) is 24.3 Å². The monoisotopic (exact) mass is 321 g/mol. The van der Waals surface area contributed by atoms with Crippen molar-refractivity contribution in [1.29, 1.82) is 0 Å². The Morgan fingerprint density at radius 2 is 1.83 bits per heavy atom. The first-order valence-corrected chi connectivity index (χ1v) is 8.32. The molecule has 0 atom stereocenters. The molecule has 1 rings (SSSR count). The second-order valence-electron chi connectivity index (χ2n) is 5.58. The molecule has 0 aliphatic carbocycles. The van der Waals surface area contributed by atoms with Gasteiger partial charge in [0.2, 0.25) is 5.91 Å². The van der Waals surface area contributed by atoms with Crippen molar-refractivity contribution >= 4 is 11.9 Å². The quantitative estimate of drug-likeness (QED) is 0.580. The van der Waals surface area contributed by atoms with Gasteiger partial charge in [-0.3, -0.25) is 9.59 Å². The van der Waals surface area contributed by atoms with Crippen LogP contribution in [0, 0.1) is 0 Å². The van der Waals surface area contributed by atoms with Crippen molar-refractivity contribution in [2.75, 3.05) is 13.2 Å². The second kappa shape index (κ2) is 11.5. The molecule has 0 saturated carbocycles. The minimum atomic E-state index is -0.767. The third kappa shape index (κ3) is 9.55. The van der Waals surface area contributed by atoms with Gasteiger partial charge in [0.05, 0.1) is 13.0 Å². The van der Waals surface area contributed by atoms with E-state index in [1.165, 1.54) is 0 Å². The summed E-state index contributed by atoms with van der Waals surface area (Å²) >= 11 is 0. The van der Waals surface area contributed by atoms with Crippen molar-refractivity contribution in [2.24, 2.45) is 0 Å². The summed E-state index contributed by atoms with van der Waals surface area (Å²) < 4.78 is 5.58. The van der Waals surface area contributed by atoms with Crippen LogP contribution in [0.5, 0.6) is 5.75 Å². The molecule has 0 unspecified atom stereocenters. The number of nitrogens with one attached hydrogen (secondary N) is 1. The molecule has 0 heterocycles. The lowest BCUT2D eigenvalue weighted by Gasteiger charge is -2.07. The van der Waals surface area contributed by atoms with Crippen molar-refractivity contribution in [1.82, 2.24) is 5.32 Å². The number of carbonyl (C=O) groups excluding carboxylic acids is 1. The highest BCUT2D eigenvalue weighted by atomic mass is 16.5. The van der Waals surface area contributed by atoms with E-state index in [-0.39, 0.29) is 12.3 Å². The normalized spacial score (nSPS) is 10.3. The number of carboxylic acid groups (broad SMARTS) is 1. The van der Waals surface area contributed by atoms with Gasteiger partial charge in [0.25, 0.3) is 0 Å². The molecule has 5 nitrogen and oxygen atoms in total. The van der Waals surface area contributed by atoms with Crippen molar-refractivity contribution in [3.63, 3.8) is 0 Å². The van der Waals surface area contributed by atoms with E-state index in [0.29, 0.717) is 19.4 Å². The van der Waals surface area contributed by atoms with E-state index in [0.717, 1.165) is 43.6 Å². The molecule has 1 aromatic rings. The lowest BCUT2D eigenvalue weighted by molar-refractivity contribution is -0.137. The number of rotatable bonds is 12. The Morgan fingerprint density at radius 1 is 1.09 bits per heavy atom. The molecule has 0 aliphatic heterocycles. The van der Waals surface area contributed by atoms with Crippen molar-refractivity contribution in [3.05, 3.63) is 29.8 Å². The van der Waals surface area contributed by atoms with Crippen LogP contribution in [0.2, 0.25) is 0 Å². The van der Waals surface area contributed by atoms with E-state index >= 15 is 0 Å². The highest BCUT2D eigenvalue weighted by Crippen LogP contribution is 2.13. The average molecular weight is 321 g/mol. The molecule has 128 valence electrons. The molecule has 0 aliphatic rings. The van der Waals surface area contributed by atoms with Gasteiger partial charge in [-0.25, -0.2) is 0 Å². The van der Waals surface area contributed by atoms with Crippen LogP contribution in [0.4, 0.5) is 0 Å². The summed E-state index contributed by atoms with van der Waals surface area (Å²) in [5.74, 6) is 0.0556. The maximum Gasteiger partial charge on any atom is 0.303 e. The van der Waals surface area contributed by atoms with Gasteiger partial charge in [0.1, 0.15) is 5.75 Å². The zero-order valence-corrected chi connectivity index (χ0v) is 13.8. The smallest absolute Gasteiger partial charge is 0.303 e. The summed E-state index contributed by atoms with van der Waals surface area (Å²) in [6.07, 6.45) is 4.97. The zero-order valence-electron chi connectivity index (χ0n) is 13.8. The number of carbonyl (C=O) groups is 2. The number of benzene rings is 1. The summed E-state index contributed by atoms with van der Waals surface area (Å²) in [4.78, 5) is 22.2. The molecule has 0 bridgehead atoms. The first kappa shape index (κ1) is 19.0. The Kier molecular flexibility index (Phi) is 9.52. The van der Waals surface area contributed by atoms with Crippen LogP contribution in [0.3, 0.4) is 0 Å². The fourth-order valence-electron chi connectivity index (χ4n) is 2.09. The first-order valence-electron chi connectivity index (χ1n) is 8.32. The zero-order chi connectivity index (χ0) is 16.9. The van der Waals surface area contributed by atoms with Gasteiger partial charge in [0, 0.05) is 13.0 Å². The highest BCUT2D eigenvalue weighted by Gasteiger charge is 2.04. The Morgan fingerprint density at radius 3 is 2.48 bits per heavy atom. The van der Waals surface area contributed by atoms with Crippen molar-refractivity contribution in [2.45, 2.75) is 51.9 Å². The SMILES string of the molecule is CCCCOc1ccc(CC(=O)NCCCCCC(=O)O)cc1. The summed E-state index contributed by atoms with van der Waals surface area (Å²) in [7, 11) is 0. The number of carboxylic acids is 1. The topological polar surface area (TPSA) is 75.6 Å².